The summed E-state index contributed by atoms with van der Waals surface area (Å²) < 4.78 is 11.0. The van der Waals surface area contributed by atoms with E-state index in [1.807, 2.05) is 6.07 Å². The zero-order chi connectivity index (χ0) is 14.3. The van der Waals surface area contributed by atoms with Crippen LogP contribution in [0.5, 0.6) is 11.5 Å². The van der Waals surface area contributed by atoms with Gasteiger partial charge < -0.3 is 15.2 Å². The van der Waals surface area contributed by atoms with Gasteiger partial charge in [-0.2, -0.15) is 0 Å². The second-order valence-corrected chi connectivity index (χ2v) is 5.74. The largest absolute Gasteiger partial charge is 0.453 e. The van der Waals surface area contributed by atoms with Crippen molar-refractivity contribution >= 4 is 17.9 Å². The second-order valence-electron chi connectivity index (χ2n) is 5.34. The molecule has 2 unspecified atom stereocenters. The third-order valence-electron chi connectivity index (χ3n) is 4.10. The fourth-order valence-electron chi connectivity index (χ4n) is 3.08. The SMILES string of the molecule is CN1CC(CN)CC1c1cc(Cl)c(C=O)c2c1OCO2. The van der Waals surface area contributed by atoms with Gasteiger partial charge in [0.1, 0.15) is 0 Å². The van der Waals surface area contributed by atoms with Gasteiger partial charge in [0.25, 0.3) is 0 Å². The van der Waals surface area contributed by atoms with Gasteiger partial charge in [0.2, 0.25) is 6.79 Å². The Bertz CT molecular complexity index is 550. The molecule has 0 saturated carbocycles. The Morgan fingerprint density at radius 3 is 2.90 bits per heavy atom. The van der Waals surface area contributed by atoms with Crippen molar-refractivity contribution in [1.82, 2.24) is 4.90 Å². The Morgan fingerprint density at radius 2 is 2.25 bits per heavy atom. The van der Waals surface area contributed by atoms with Gasteiger partial charge in [0.15, 0.2) is 17.8 Å². The van der Waals surface area contributed by atoms with Crippen molar-refractivity contribution in [3.8, 4) is 11.5 Å². The van der Waals surface area contributed by atoms with Gasteiger partial charge in [-0.15, -0.1) is 0 Å². The van der Waals surface area contributed by atoms with E-state index in [9.17, 15) is 4.79 Å². The van der Waals surface area contributed by atoms with E-state index in [4.69, 9.17) is 26.8 Å². The first-order valence-corrected chi connectivity index (χ1v) is 7.01. The van der Waals surface area contributed by atoms with E-state index in [1.165, 1.54) is 0 Å². The summed E-state index contributed by atoms with van der Waals surface area (Å²) in [5, 5.41) is 0.406. The number of hydrogen-bond acceptors (Lipinski definition) is 5. The highest BCUT2D eigenvalue weighted by molar-refractivity contribution is 6.33. The Hall–Kier alpha value is -1.30. The first-order chi connectivity index (χ1) is 9.65. The molecule has 0 bridgehead atoms. The Balaban J connectivity index is 2.05. The Morgan fingerprint density at radius 1 is 1.50 bits per heavy atom. The molecule has 0 radical (unpaired) electrons. The number of benzene rings is 1. The lowest BCUT2D eigenvalue weighted by molar-refractivity contribution is 0.111. The van der Waals surface area contributed by atoms with E-state index in [2.05, 4.69) is 11.9 Å². The minimum Gasteiger partial charge on any atom is -0.453 e. The number of hydrogen-bond donors (Lipinski definition) is 1. The number of fused-ring (bicyclic) bond motifs is 1. The van der Waals surface area contributed by atoms with Crippen molar-refractivity contribution in [1.29, 1.82) is 0 Å². The van der Waals surface area contributed by atoms with Crippen LogP contribution in [0.1, 0.15) is 28.4 Å². The lowest BCUT2D eigenvalue weighted by Gasteiger charge is -2.21. The molecule has 6 heteroatoms. The molecule has 108 valence electrons. The molecular weight excluding hydrogens is 280 g/mol. The molecule has 0 aromatic heterocycles. The number of carbonyl (C=O) groups excluding carboxylic acids is 1. The van der Waals surface area contributed by atoms with Crippen LogP contribution in [0.15, 0.2) is 6.07 Å². The van der Waals surface area contributed by atoms with Gasteiger partial charge in [0, 0.05) is 18.2 Å². The highest BCUT2D eigenvalue weighted by Crippen LogP contribution is 2.48. The fourth-order valence-corrected chi connectivity index (χ4v) is 3.33. The number of halogens is 1. The topological polar surface area (TPSA) is 64.8 Å². The molecule has 1 aromatic rings. The summed E-state index contributed by atoms with van der Waals surface area (Å²) in [4.78, 5) is 13.4. The summed E-state index contributed by atoms with van der Waals surface area (Å²) in [5.74, 6) is 1.57. The molecule has 2 heterocycles. The minimum absolute atomic E-state index is 0.125. The van der Waals surface area contributed by atoms with Gasteiger partial charge in [-0.1, -0.05) is 11.6 Å². The van der Waals surface area contributed by atoms with E-state index in [-0.39, 0.29) is 12.8 Å². The summed E-state index contributed by atoms with van der Waals surface area (Å²) >= 11 is 6.20. The zero-order valence-corrected chi connectivity index (χ0v) is 12.0. The van der Waals surface area contributed by atoms with Crippen LogP contribution in [0.25, 0.3) is 0 Å². The van der Waals surface area contributed by atoms with Crippen LogP contribution in [0.4, 0.5) is 0 Å². The molecule has 2 aliphatic rings. The summed E-state index contributed by atoms with van der Waals surface area (Å²) in [5.41, 5.74) is 7.11. The van der Waals surface area contributed by atoms with Crippen molar-refractivity contribution in [2.24, 2.45) is 11.7 Å². The van der Waals surface area contributed by atoms with Crippen LogP contribution in [0.3, 0.4) is 0 Å². The molecule has 5 nitrogen and oxygen atoms in total. The highest BCUT2D eigenvalue weighted by atomic mass is 35.5. The summed E-state index contributed by atoms with van der Waals surface area (Å²) in [6.45, 7) is 1.74. The van der Waals surface area contributed by atoms with Gasteiger partial charge in [0.05, 0.1) is 10.6 Å². The smallest absolute Gasteiger partial charge is 0.231 e. The monoisotopic (exact) mass is 296 g/mol. The van der Waals surface area contributed by atoms with Crippen LogP contribution >= 0.6 is 11.6 Å². The van der Waals surface area contributed by atoms with Crippen molar-refractivity contribution in [3.05, 3.63) is 22.2 Å². The number of ether oxygens (including phenoxy) is 2. The van der Waals surface area contributed by atoms with E-state index in [0.29, 0.717) is 40.8 Å². The first-order valence-electron chi connectivity index (χ1n) is 6.63. The lowest BCUT2D eigenvalue weighted by atomic mass is 9.97. The molecule has 20 heavy (non-hydrogen) atoms. The molecule has 0 amide bonds. The summed E-state index contributed by atoms with van der Waals surface area (Å²) in [6, 6.07) is 2.01. The number of nitrogens with zero attached hydrogens (tertiary/aromatic N) is 1. The molecule has 0 spiro atoms. The van der Waals surface area contributed by atoms with Crippen LogP contribution in [0, 0.1) is 5.92 Å². The number of nitrogens with two attached hydrogens (primary N) is 1. The molecule has 1 aromatic carbocycles. The summed E-state index contributed by atoms with van der Waals surface area (Å²) in [6.07, 6.45) is 1.67. The van der Waals surface area contributed by atoms with Crippen molar-refractivity contribution in [2.45, 2.75) is 12.5 Å². The molecule has 2 N–H and O–H groups in total. The maximum atomic E-state index is 11.1. The Labute approximate surface area is 122 Å². The molecule has 2 atom stereocenters. The number of likely N-dealkylation sites (tertiary alicyclic amines) is 1. The number of aldehydes is 1. The summed E-state index contributed by atoms with van der Waals surface area (Å²) in [7, 11) is 2.06. The van der Waals surface area contributed by atoms with E-state index >= 15 is 0 Å². The van der Waals surface area contributed by atoms with Gasteiger partial charge in [-0.3, -0.25) is 9.69 Å². The second kappa shape index (κ2) is 5.24. The van der Waals surface area contributed by atoms with Gasteiger partial charge >= 0.3 is 0 Å². The maximum Gasteiger partial charge on any atom is 0.231 e. The van der Waals surface area contributed by atoms with Gasteiger partial charge in [-0.05, 0) is 32.0 Å². The normalized spacial score (nSPS) is 25.1. The van der Waals surface area contributed by atoms with Crippen LogP contribution < -0.4 is 15.2 Å². The third-order valence-corrected chi connectivity index (χ3v) is 4.42. The van der Waals surface area contributed by atoms with Gasteiger partial charge in [-0.25, -0.2) is 0 Å². The van der Waals surface area contributed by atoms with E-state index in [1.54, 1.807) is 0 Å². The maximum absolute atomic E-state index is 11.1. The van der Waals surface area contributed by atoms with E-state index in [0.717, 1.165) is 18.5 Å². The van der Waals surface area contributed by atoms with Crippen molar-refractivity contribution < 1.29 is 14.3 Å². The molecule has 1 fully saturated rings. The number of rotatable bonds is 3. The third kappa shape index (κ3) is 2.06. The van der Waals surface area contributed by atoms with Crippen molar-refractivity contribution in [2.75, 3.05) is 26.9 Å². The van der Waals surface area contributed by atoms with Crippen molar-refractivity contribution in [3.63, 3.8) is 0 Å². The molecule has 1 saturated heterocycles. The zero-order valence-electron chi connectivity index (χ0n) is 11.3. The minimum atomic E-state index is 0.125. The average molecular weight is 297 g/mol. The predicted octanol–water partition coefficient (Wildman–Crippen LogP) is 1.83. The number of carbonyl (C=O) groups is 1. The average Bonchev–Trinajstić information content (AvgIpc) is 3.04. The Kier molecular flexibility index (Phi) is 3.58. The molecule has 2 aliphatic heterocycles. The first kappa shape index (κ1) is 13.7. The lowest BCUT2D eigenvalue weighted by Crippen LogP contribution is -2.20. The van der Waals surface area contributed by atoms with E-state index < -0.39 is 0 Å². The predicted molar refractivity (Wildman–Crippen MR) is 75.5 cm³/mol. The highest BCUT2D eigenvalue weighted by Gasteiger charge is 2.35. The molecule has 3 rings (SSSR count). The van der Waals surface area contributed by atoms with Crippen LogP contribution in [0.2, 0.25) is 5.02 Å². The molecule has 0 aliphatic carbocycles. The fraction of sp³-hybridized carbons (Fsp3) is 0.500. The van der Waals surface area contributed by atoms with Crippen LogP contribution in [-0.4, -0.2) is 38.1 Å². The quantitative estimate of drug-likeness (QED) is 0.862. The molecular formula is C14H17ClN2O3. The standard InChI is InChI=1S/C14H17ClN2O3/c1-17-5-8(4-16)2-12(17)9-3-11(15)10(6-18)14-13(9)19-7-20-14/h3,6,8,12H,2,4-5,7,16H2,1H3. The van der Waals surface area contributed by atoms with Crippen LogP contribution in [-0.2, 0) is 0 Å².